The summed E-state index contributed by atoms with van der Waals surface area (Å²) in [5.41, 5.74) is 5.60. The van der Waals surface area contributed by atoms with Gasteiger partial charge in [-0.2, -0.15) is 0 Å². The first-order valence-electron chi connectivity index (χ1n) is 5.65. The number of unbranched alkanes of at least 4 members (excludes halogenated alkanes) is 2. The highest BCUT2D eigenvalue weighted by atomic mass is 16.5. The van der Waals surface area contributed by atoms with E-state index in [-0.39, 0.29) is 12.2 Å². The van der Waals surface area contributed by atoms with Crippen molar-refractivity contribution < 1.29 is 9.84 Å². The normalized spacial score (nSPS) is 17.8. The van der Waals surface area contributed by atoms with Crippen LogP contribution in [-0.2, 0) is 4.74 Å². The number of aliphatic hydroxyl groups is 1. The highest BCUT2D eigenvalue weighted by Crippen LogP contribution is 2.09. The summed E-state index contributed by atoms with van der Waals surface area (Å²) in [5, 5.41) is 9.27. The molecule has 3 unspecified atom stereocenters. The summed E-state index contributed by atoms with van der Waals surface area (Å²) < 4.78 is 5.63. The van der Waals surface area contributed by atoms with Crippen LogP contribution in [0.1, 0.15) is 46.5 Å². The van der Waals surface area contributed by atoms with E-state index >= 15 is 0 Å². The minimum Gasteiger partial charge on any atom is -0.391 e. The molecule has 0 aliphatic rings. The molecule has 14 heavy (non-hydrogen) atoms. The molecule has 0 radical (unpaired) electrons. The standard InChI is InChI=1S/C11H25NO2/c1-4-5-6-7-11(8-12)14-10(3)9(2)13/h9-11,13H,4-8,12H2,1-3H3. The zero-order chi connectivity index (χ0) is 11.0. The van der Waals surface area contributed by atoms with Crippen LogP contribution in [0.4, 0.5) is 0 Å². The smallest absolute Gasteiger partial charge is 0.0807 e. The molecule has 0 aromatic rings. The quantitative estimate of drug-likeness (QED) is 0.590. The Kier molecular flexibility index (Phi) is 8.14. The van der Waals surface area contributed by atoms with Crippen LogP contribution >= 0.6 is 0 Å². The fourth-order valence-electron chi connectivity index (χ4n) is 1.28. The summed E-state index contributed by atoms with van der Waals surface area (Å²) in [4.78, 5) is 0. The van der Waals surface area contributed by atoms with Gasteiger partial charge in [0.1, 0.15) is 0 Å². The van der Waals surface area contributed by atoms with Crippen LogP contribution in [0.5, 0.6) is 0 Å². The van der Waals surface area contributed by atoms with Gasteiger partial charge in [0, 0.05) is 6.54 Å². The van der Waals surface area contributed by atoms with E-state index in [2.05, 4.69) is 6.92 Å². The summed E-state index contributed by atoms with van der Waals surface area (Å²) in [6, 6.07) is 0. The van der Waals surface area contributed by atoms with E-state index < -0.39 is 6.10 Å². The molecule has 0 aliphatic heterocycles. The zero-order valence-corrected chi connectivity index (χ0v) is 9.70. The number of aliphatic hydroxyl groups excluding tert-OH is 1. The van der Waals surface area contributed by atoms with E-state index in [1.54, 1.807) is 6.92 Å². The molecule has 86 valence electrons. The molecule has 3 nitrogen and oxygen atoms in total. The van der Waals surface area contributed by atoms with Gasteiger partial charge in [-0.3, -0.25) is 0 Å². The van der Waals surface area contributed by atoms with Crippen molar-refractivity contribution in [2.24, 2.45) is 5.73 Å². The Balaban J connectivity index is 3.67. The lowest BCUT2D eigenvalue weighted by molar-refractivity contribution is -0.0606. The highest BCUT2D eigenvalue weighted by Gasteiger charge is 2.15. The number of hydrogen-bond donors (Lipinski definition) is 2. The fourth-order valence-corrected chi connectivity index (χ4v) is 1.28. The summed E-state index contributed by atoms with van der Waals surface area (Å²) >= 11 is 0. The molecule has 0 fully saturated rings. The Bertz CT molecular complexity index is 128. The summed E-state index contributed by atoms with van der Waals surface area (Å²) in [6.07, 6.45) is 4.16. The summed E-state index contributed by atoms with van der Waals surface area (Å²) in [6.45, 7) is 6.34. The van der Waals surface area contributed by atoms with Gasteiger partial charge in [0.05, 0.1) is 18.3 Å². The minimum atomic E-state index is -0.421. The first-order chi connectivity index (χ1) is 6.61. The maximum atomic E-state index is 9.27. The monoisotopic (exact) mass is 203 g/mol. The van der Waals surface area contributed by atoms with E-state index in [4.69, 9.17) is 10.5 Å². The number of hydrogen-bond acceptors (Lipinski definition) is 3. The molecule has 0 amide bonds. The van der Waals surface area contributed by atoms with Crippen LogP contribution in [0.15, 0.2) is 0 Å². The van der Waals surface area contributed by atoms with Gasteiger partial charge in [-0.15, -0.1) is 0 Å². The van der Waals surface area contributed by atoms with Crippen LogP contribution in [0.25, 0.3) is 0 Å². The molecule has 3 N–H and O–H groups in total. The van der Waals surface area contributed by atoms with Crippen molar-refractivity contribution in [2.45, 2.75) is 64.8 Å². The minimum absolute atomic E-state index is 0.103. The highest BCUT2D eigenvalue weighted by molar-refractivity contribution is 4.65. The van der Waals surface area contributed by atoms with Gasteiger partial charge < -0.3 is 15.6 Å². The molecule has 0 aromatic heterocycles. The lowest BCUT2D eigenvalue weighted by Gasteiger charge is -2.23. The molecular weight excluding hydrogens is 178 g/mol. The van der Waals surface area contributed by atoms with Crippen molar-refractivity contribution in [3.8, 4) is 0 Å². The van der Waals surface area contributed by atoms with Crippen LogP contribution in [0.3, 0.4) is 0 Å². The largest absolute Gasteiger partial charge is 0.391 e. The maximum absolute atomic E-state index is 9.27. The SMILES string of the molecule is CCCCCC(CN)OC(C)C(C)O. The second-order valence-electron chi connectivity index (χ2n) is 3.94. The average Bonchev–Trinajstić information content (AvgIpc) is 2.16. The first-order valence-corrected chi connectivity index (χ1v) is 5.65. The molecule has 3 atom stereocenters. The van der Waals surface area contributed by atoms with Crippen molar-refractivity contribution >= 4 is 0 Å². The molecule has 0 spiro atoms. The Morgan fingerprint density at radius 1 is 1.29 bits per heavy atom. The van der Waals surface area contributed by atoms with Gasteiger partial charge in [-0.05, 0) is 20.3 Å². The van der Waals surface area contributed by atoms with E-state index in [1.807, 2.05) is 6.92 Å². The third kappa shape index (κ3) is 6.35. The second-order valence-corrected chi connectivity index (χ2v) is 3.94. The Morgan fingerprint density at radius 3 is 2.36 bits per heavy atom. The molecule has 3 heteroatoms. The predicted octanol–water partition coefficient (Wildman–Crippen LogP) is 1.68. The third-order valence-corrected chi connectivity index (χ3v) is 2.48. The molecular formula is C11H25NO2. The van der Waals surface area contributed by atoms with Gasteiger partial charge >= 0.3 is 0 Å². The lowest BCUT2D eigenvalue weighted by Crippen LogP contribution is -2.32. The molecule has 0 aromatic carbocycles. The summed E-state index contributed by atoms with van der Waals surface area (Å²) in [5.74, 6) is 0. The van der Waals surface area contributed by atoms with E-state index in [9.17, 15) is 5.11 Å². The summed E-state index contributed by atoms with van der Waals surface area (Å²) in [7, 11) is 0. The zero-order valence-electron chi connectivity index (χ0n) is 9.70. The van der Waals surface area contributed by atoms with Gasteiger partial charge in [0.2, 0.25) is 0 Å². The fraction of sp³-hybridized carbons (Fsp3) is 1.00. The first kappa shape index (κ1) is 13.9. The Hall–Kier alpha value is -0.120. The van der Waals surface area contributed by atoms with Gasteiger partial charge in [-0.1, -0.05) is 26.2 Å². The van der Waals surface area contributed by atoms with Gasteiger partial charge in [0.25, 0.3) is 0 Å². The van der Waals surface area contributed by atoms with Crippen molar-refractivity contribution in [1.82, 2.24) is 0 Å². The van der Waals surface area contributed by atoms with Crippen LogP contribution in [0.2, 0.25) is 0 Å². The molecule has 0 saturated carbocycles. The van der Waals surface area contributed by atoms with Gasteiger partial charge in [-0.25, -0.2) is 0 Å². The van der Waals surface area contributed by atoms with Crippen LogP contribution < -0.4 is 5.73 Å². The van der Waals surface area contributed by atoms with Crippen molar-refractivity contribution in [3.63, 3.8) is 0 Å². The van der Waals surface area contributed by atoms with Crippen LogP contribution in [-0.4, -0.2) is 30.0 Å². The number of rotatable bonds is 8. The Labute approximate surface area is 87.6 Å². The van der Waals surface area contributed by atoms with Crippen molar-refractivity contribution in [3.05, 3.63) is 0 Å². The molecule has 0 rings (SSSR count). The molecule has 0 heterocycles. The number of nitrogens with two attached hydrogens (primary N) is 1. The Morgan fingerprint density at radius 2 is 1.93 bits per heavy atom. The van der Waals surface area contributed by atoms with Crippen molar-refractivity contribution in [1.29, 1.82) is 0 Å². The topological polar surface area (TPSA) is 55.5 Å². The van der Waals surface area contributed by atoms with Crippen molar-refractivity contribution in [2.75, 3.05) is 6.54 Å². The number of ether oxygens (including phenoxy) is 1. The lowest BCUT2D eigenvalue weighted by atomic mass is 10.1. The third-order valence-electron chi connectivity index (χ3n) is 2.48. The van der Waals surface area contributed by atoms with E-state index in [1.165, 1.54) is 12.8 Å². The van der Waals surface area contributed by atoms with Gasteiger partial charge in [0.15, 0.2) is 0 Å². The van der Waals surface area contributed by atoms with E-state index in [0.29, 0.717) is 6.54 Å². The molecule has 0 aliphatic carbocycles. The molecule has 0 bridgehead atoms. The predicted molar refractivity (Wildman–Crippen MR) is 59.2 cm³/mol. The maximum Gasteiger partial charge on any atom is 0.0807 e. The van der Waals surface area contributed by atoms with E-state index in [0.717, 1.165) is 12.8 Å². The molecule has 0 saturated heterocycles. The average molecular weight is 203 g/mol. The van der Waals surface area contributed by atoms with Crippen LogP contribution in [0, 0.1) is 0 Å². The second kappa shape index (κ2) is 8.21.